The summed E-state index contributed by atoms with van der Waals surface area (Å²) in [5.74, 6) is -1.62. The van der Waals surface area contributed by atoms with Crippen LogP contribution in [0.25, 0.3) is 10.2 Å². The zero-order valence-corrected chi connectivity index (χ0v) is 17.2. The van der Waals surface area contributed by atoms with Crippen LogP contribution in [0, 0.1) is 17.5 Å². The second-order valence-corrected chi connectivity index (χ2v) is 8.93. The molecular formula is C19H15Cl2F3N2O2S. The number of aromatic nitrogens is 1. The summed E-state index contributed by atoms with van der Waals surface area (Å²) in [5.41, 5.74) is -1.23. The number of anilines is 1. The van der Waals surface area contributed by atoms with Gasteiger partial charge >= 0.3 is 0 Å². The van der Waals surface area contributed by atoms with Crippen molar-refractivity contribution in [1.29, 1.82) is 0 Å². The van der Waals surface area contributed by atoms with Crippen molar-refractivity contribution in [2.45, 2.75) is 18.4 Å². The highest BCUT2D eigenvalue weighted by Gasteiger charge is 2.35. The van der Waals surface area contributed by atoms with E-state index in [1.807, 2.05) is 0 Å². The lowest BCUT2D eigenvalue weighted by Crippen LogP contribution is -2.48. The molecule has 1 aliphatic heterocycles. The van der Waals surface area contributed by atoms with Gasteiger partial charge in [0.2, 0.25) is 0 Å². The number of benzene rings is 2. The van der Waals surface area contributed by atoms with Crippen molar-refractivity contribution in [2.75, 3.05) is 24.6 Å². The average molecular weight is 463 g/mol. The number of fused-ring (bicyclic) bond motifs is 1. The van der Waals surface area contributed by atoms with E-state index in [2.05, 4.69) is 4.98 Å². The molecular weight excluding hydrogens is 448 g/mol. The molecule has 1 aromatic heterocycles. The Bertz CT molecular complexity index is 1050. The minimum atomic E-state index is -1.19. The van der Waals surface area contributed by atoms with E-state index in [-0.39, 0.29) is 53.2 Å². The fourth-order valence-corrected chi connectivity index (χ4v) is 4.66. The molecule has 0 bridgehead atoms. The summed E-state index contributed by atoms with van der Waals surface area (Å²) in [7, 11) is 0. The SMILES string of the molecule is OC1(COc2ccc(F)c3nc(Cl)sc23)CCN(c2c(F)cc(Cl)cc2F)CC1. The van der Waals surface area contributed by atoms with Crippen LogP contribution in [0.3, 0.4) is 0 Å². The van der Waals surface area contributed by atoms with E-state index in [1.54, 1.807) is 0 Å². The van der Waals surface area contributed by atoms with Crippen molar-refractivity contribution >= 4 is 50.4 Å². The van der Waals surface area contributed by atoms with Crippen LogP contribution in [0.15, 0.2) is 24.3 Å². The maximum Gasteiger partial charge on any atom is 0.184 e. The minimum absolute atomic E-state index is 0.0144. The van der Waals surface area contributed by atoms with Gasteiger partial charge in [0, 0.05) is 18.1 Å². The van der Waals surface area contributed by atoms with Crippen LogP contribution in [0.5, 0.6) is 5.75 Å². The summed E-state index contributed by atoms with van der Waals surface area (Å²) >= 11 is 12.6. The molecule has 0 amide bonds. The molecule has 0 unspecified atom stereocenters. The van der Waals surface area contributed by atoms with Gasteiger partial charge in [-0.2, -0.15) is 0 Å². The largest absolute Gasteiger partial charge is 0.489 e. The smallest absolute Gasteiger partial charge is 0.184 e. The lowest BCUT2D eigenvalue weighted by molar-refractivity contribution is -0.0238. The quantitative estimate of drug-likeness (QED) is 0.561. The van der Waals surface area contributed by atoms with Gasteiger partial charge in [-0.3, -0.25) is 0 Å². The van der Waals surface area contributed by atoms with Crippen LogP contribution >= 0.6 is 34.5 Å². The number of nitrogens with zero attached hydrogens (tertiary/aromatic N) is 2. The number of hydrogen-bond donors (Lipinski definition) is 1. The molecule has 1 aliphatic rings. The predicted molar refractivity (Wildman–Crippen MR) is 108 cm³/mol. The molecule has 0 atom stereocenters. The standard InChI is InChI=1S/C19H15Cl2F3N2O2S/c20-10-7-12(23)16(13(24)8-10)26-5-3-19(27,4-6-26)9-28-14-2-1-11(22)15-17(14)29-18(21)25-15/h1-2,7-8,27H,3-6,9H2. The zero-order chi connectivity index (χ0) is 20.8. The van der Waals surface area contributed by atoms with Gasteiger partial charge in [0.05, 0.1) is 0 Å². The first-order chi connectivity index (χ1) is 13.8. The summed E-state index contributed by atoms with van der Waals surface area (Å²) in [4.78, 5) is 5.47. The molecule has 3 aromatic rings. The molecule has 1 fully saturated rings. The van der Waals surface area contributed by atoms with Crippen molar-refractivity contribution in [3.8, 4) is 5.75 Å². The van der Waals surface area contributed by atoms with E-state index in [9.17, 15) is 18.3 Å². The first kappa shape index (κ1) is 20.5. The van der Waals surface area contributed by atoms with E-state index in [0.717, 1.165) is 23.5 Å². The van der Waals surface area contributed by atoms with Gasteiger partial charge in [-0.25, -0.2) is 18.2 Å². The Morgan fingerprint density at radius 2 is 1.76 bits per heavy atom. The first-order valence-corrected chi connectivity index (χ1v) is 10.3. The molecule has 10 heteroatoms. The first-order valence-electron chi connectivity index (χ1n) is 8.75. The van der Waals surface area contributed by atoms with E-state index >= 15 is 0 Å². The highest BCUT2D eigenvalue weighted by molar-refractivity contribution is 7.22. The molecule has 0 radical (unpaired) electrons. The summed E-state index contributed by atoms with van der Waals surface area (Å²) < 4.78 is 48.5. The van der Waals surface area contributed by atoms with E-state index in [0.29, 0.717) is 10.4 Å². The lowest BCUT2D eigenvalue weighted by Gasteiger charge is -2.39. The highest BCUT2D eigenvalue weighted by atomic mass is 35.5. The summed E-state index contributed by atoms with van der Waals surface area (Å²) in [6.45, 7) is 0.420. The number of piperidine rings is 1. The van der Waals surface area contributed by atoms with Crippen molar-refractivity contribution in [3.63, 3.8) is 0 Å². The third-order valence-electron chi connectivity index (χ3n) is 4.92. The Kier molecular flexibility index (Phi) is 5.54. The summed E-state index contributed by atoms with van der Waals surface area (Å²) in [6.07, 6.45) is 0.477. The minimum Gasteiger partial charge on any atom is -0.489 e. The van der Waals surface area contributed by atoms with E-state index < -0.39 is 23.1 Å². The molecule has 29 heavy (non-hydrogen) atoms. The number of thiazole rings is 1. The van der Waals surface area contributed by atoms with Gasteiger partial charge in [0.15, 0.2) is 21.9 Å². The molecule has 154 valence electrons. The molecule has 0 saturated carbocycles. The van der Waals surface area contributed by atoms with Crippen molar-refractivity contribution in [1.82, 2.24) is 4.98 Å². The molecule has 1 N–H and O–H groups in total. The Hall–Kier alpha value is -1.74. The Labute approximate surface area is 178 Å². The molecule has 0 spiro atoms. The van der Waals surface area contributed by atoms with Crippen LogP contribution in [-0.2, 0) is 0 Å². The zero-order valence-electron chi connectivity index (χ0n) is 14.9. The van der Waals surface area contributed by atoms with E-state index in [1.165, 1.54) is 17.0 Å². The Morgan fingerprint density at radius 3 is 2.41 bits per heavy atom. The van der Waals surface area contributed by atoms with Gasteiger partial charge in [0.1, 0.15) is 33.9 Å². The third-order valence-corrected chi connectivity index (χ3v) is 6.31. The number of rotatable bonds is 4. The van der Waals surface area contributed by atoms with Crippen LogP contribution in [0.2, 0.25) is 9.49 Å². The topological polar surface area (TPSA) is 45.6 Å². The molecule has 0 aliphatic carbocycles. The number of hydrogen-bond acceptors (Lipinski definition) is 5. The van der Waals surface area contributed by atoms with Crippen molar-refractivity contribution < 1.29 is 23.0 Å². The predicted octanol–water partition coefficient (Wildman–Crippen LogP) is 5.43. The molecule has 2 aromatic carbocycles. The van der Waals surface area contributed by atoms with Crippen LogP contribution < -0.4 is 9.64 Å². The van der Waals surface area contributed by atoms with Gasteiger partial charge in [-0.05, 0) is 37.1 Å². The summed E-state index contributed by atoms with van der Waals surface area (Å²) in [6, 6.07) is 4.81. The van der Waals surface area contributed by atoms with Crippen molar-refractivity contribution in [3.05, 3.63) is 51.2 Å². The van der Waals surface area contributed by atoms with Crippen LogP contribution in [0.1, 0.15) is 12.8 Å². The number of aliphatic hydroxyl groups is 1. The lowest BCUT2D eigenvalue weighted by atomic mass is 9.92. The average Bonchev–Trinajstić information content (AvgIpc) is 3.05. The molecule has 1 saturated heterocycles. The van der Waals surface area contributed by atoms with Gasteiger partial charge in [-0.15, -0.1) is 0 Å². The van der Waals surface area contributed by atoms with Crippen molar-refractivity contribution in [2.24, 2.45) is 0 Å². The van der Waals surface area contributed by atoms with Gasteiger partial charge < -0.3 is 14.7 Å². The maximum absolute atomic E-state index is 14.1. The monoisotopic (exact) mass is 462 g/mol. The molecule has 4 rings (SSSR count). The normalized spacial score (nSPS) is 16.4. The van der Waals surface area contributed by atoms with Gasteiger partial charge in [-0.1, -0.05) is 34.5 Å². The molecule has 4 nitrogen and oxygen atoms in total. The maximum atomic E-state index is 14.1. The second-order valence-electron chi connectivity index (χ2n) is 6.91. The Morgan fingerprint density at radius 1 is 1.10 bits per heavy atom. The molecule has 2 heterocycles. The number of halogens is 5. The van der Waals surface area contributed by atoms with Gasteiger partial charge in [0.25, 0.3) is 0 Å². The highest BCUT2D eigenvalue weighted by Crippen LogP contribution is 2.36. The van der Waals surface area contributed by atoms with E-state index in [4.69, 9.17) is 27.9 Å². The van der Waals surface area contributed by atoms with Crippen LogP contribution in [-0.4, -0.2) is 35.4 Å². The second kappa shape index (κ2) is 7.83. The third kappa shape index (κ3) is 4.12. The Balaban J connectivity index is 1.45. The van der Waals surface area contributed by atoms with Crippen LogP contribution in [0.4, 0.5) is 18.9 Å². The number of ether oxygens (including phenoxy) is 1. The fraction of sp³-hybridized carbons (Fsp3) is 0.316. The fourth-order valence-electron chi connectivity index (χ4n) is 3.38. The summed E-state index contributed by atoms with van der Waals surface area (Å²) in [5, 5.41) is 10.8.